The first-order valence-corrected chi connectivity index (χ1v) is 11.8. The molecule has 2 aliphatic carbocycles. The molecule has 2 nitrogen and oxygen atoms in total. The molecule has 2 fully saturated rings. The molecule has 0 aliphatic heterocycles. The molecule has 124 valence electrons. The summed E-state index contributed by atoms with van der Waals surface area (Å²) in [6, 6.07) is 0. The Bertz CT molecular complexity index is 372. The second-order valence-electron chi connectivity index (χ2n) is 9.35. The average molecular weight is 313 g/mol. The van der Waals surface area contributed by atoms with Crippen molar-refractivity contribution in [1.82, 2.24) is 0 Å². The van der Waals surface area contributed by atoms with Gasteiger partial charge in [-0.2, -0.15) is 0 Å². The molecular weight excluding hydrogens is 276 g/mol. The van der Waals surface area contributed by atoms with Crippen LogP contribution < -0.4 is 0 Å². The summed E-state index contributed by atoms with van der Waals surface area (Å²) in [5, 5.41) is 10.5. The highest BCUT2D eigenvalue weighted by atomic mass is 28.4. The van der Waals surface area contributed by atoms with Crippen molar-refractivity contribution in [2.75, 3.05) is 0 Å². The highest BCUT2D eigenvalue weighted by Crippen LogP contribution is 2.58. The van der Waals surface area contributed by atoms with Crippen molar-refractivity contribution in [2.45, 2.75) is 97.1 Å². The van der Waals surface area contributed by atoms with Crippen LogP contribution in [0.3, 0.4) is 0 Å². The van der Waals surface area contributed by atoms with Crippen LogP contribution in [-0.4, -0.2) is 25.6 Å². The van der Waals surface area contributed by atoms with Crippen LogP contribution >= 0.6 is 0 Å². The maximum absolute atomic E-state index is 10.2. The second-order valence-corrected chi connectivity index (χ2v) is 14.1. The number of hydrogen-bond acceptors (Lipinski definition) is 2. The van der Waals surface area contributed by atoms with Crippen LogP contribution in [0.5, 0.6) is 0 Å². The molecule has 0 aromatic carbocycles. The molecule has 2 saturated carbocycles. The molecule has 0 bridgehead atoms. The van der Waals surface area contributed by atoms with E-state index < -0.39 is 8.32 Å². The summed E-state index contributed by atoms with van der Waals surface area (Å²) in [4.78, 5) is 0. The van der Waals surface area contributed by atoms with Crippen molar-refractivity contribution in [1.29, 1.82) is 0 Å². The fraction of sp³-hybridized carbons (Fsp3) is 1.00. The van der Waals surface area contributed by atoms with Crippen LogP contribution in [0.15, 0.2) is 0 Å². The Morgan fingerprint density at radius 2 is 1.81 bits per heavy atom. The number of aliphatic hydroxyl groups is 1. The smallest absolute Gasteiger partial charge is 0.192 e. The summed E-state index contributed by atoms with van der Waals surface area (Å²) in [6.07, 6.45) is 6.42. The zero-order valence-electron chi connectivity index (χ0n) is 15.2. The van der Waals surface area contributed by atoms with Gasteiger partial charge < -0.3 is 9.53 Å². The van der Waals surface area contributed by atoms with E-state index >= 15 is 0 Å². The fourth-order valence-electron chi connectivity index (χ4n) is 4.65. The first-order valence-electron chi connectivity index (χ1n) is 8.85. The molecule has 0 aromatic heterocycles. The third kappa shape index (κ3) is 3.11. The van der Waals surface area contributed by atoms with Crippen LogP contribution in [0.4, 0.5) is 0 Å². The first kappa shape index (κ1) is 17.5. The molecule has 1 unspecified atom stereocenters. The minimum Gasteiger partial charge on any atom is -0.414 e. The maximum atomic E-state index is 10.2. The lowest BCUT2D eigenvalue weighted by atomic mass is 9.63. The molecule has 0 aromatic rings. The largest absolute Gasteiger partial charge is 0.414 e. The van der Waals surface area contributed by atoms with Crippen molar-refractivity contribution in [3.8, 4) is 0 Å². The van der Waals surface area contributed by atoms with E-state index in [-0.39, 0.29) is 11.1 Å². The number of rotatable bonds is 3. The highest BCUT2D eigenvalue weighted by Gasteiger charge is 2.54. The molecular formula is C18H36O2Si. The summed E-state index contributed by atoms with van der Waals surface area (Å²) in [5.74, 6) is 1.12. The Morgan fingerprint density at radius 3 is 2.33 bits per heavy atom. The van der Waals surface area contributed by atoms with Gasteiger partial charge in [-0.05, 0) is 68.0 Å². The van der Waals surface area contributed by atoms with Gasteiger partial charge in [0.25, 0.3) is 0 Å². The van der Waals surface area contributed by atoms with Gasteiger partial charge in [0.15, 0.2) is 8.32 Å². The Balaban J connectivity index is 2.17. The quantitative estimate of drug-likeness (QED) is 0.745. The van der Waals surface area contributed by atoms with Crippen LogP contribution in [0.2, 0.25) is 18.1 Å². The molecule has 0 spiro atoms. The number of aliphatic hydroxyl groups excluding tert-OH is 1. The number of fused-ring (bicyclic) bond motifs is 1. The predicted molar refractivity (Wildman–Crippen MR) is 91.9 cm³/mol. The first-order chi connectivity index (χ1) is 9.49. The molecule has 0 saturated heterocycles. The predicted octanol–water partition coefficient (Wildman–Crippen LogP) is 4.97. The van der Waals surface area contributed by atoms with Crippen molar-refractivity contribution in [2.24, 2.45) is 17.3 Å². The third-order valence-corrected chi connectivity index (χ3v) is 11.5. The van der Waals surface area contributed by atoms with E-state index in [9.17, 15) is 5.11 Å². The molecule has 2 aliphatic rings. The summed E-state index contributed by atoms with van der Waals surface area (Å²) in [6.45, 7) is 16.1. The Labute approximate surface area is 132 Å². The van der Waals surface area contributed by atoms with E-state index in [0.717, 1.165) is 0 Å². The van der Waals surface area contributed by atoms with Crippen molar-refractivity contribution in [3.63, 3.8) is 0 Å². The highest BCUT2D eigenvalue weighted by molar-refractivity contribution is 6.74. The van der Waals surface area contributed by atoms with E-state index in [4.69, 9.17) is 4.43 Å². The second kappa shape index (κ2) is 5.65. The van der Waals surface area contributed by atoms with E-state index in [2.05, 4.69) is 40.8 Å². The monoisotopic (exact) mass is 312 g/mol. The molecule has 21 heavy (non-hydrogen) atoms. The molecule has 0 amide bonds. The van der Waals surface area contributed by atoms with Gasteiger partial charge in [-0.3, -0.25) is 0 Å². The Kier molecular flexibility index (Phi) is 4.70. The fourth-order valence-corrected chi connectivity index (χ4v) is 6.04. The molecule has 0 heterocycles. The maximum Gasteiger partial charge on any atom is 0.192 e. The van der Waals surface area contributed by atoms with Gasteiger partial charge in [0.2, 0.25) is 0 Å². The lowest BCUT2D eigenvalue weighted by Crippen LogP contribution is -2.50. The topological polar surface area (TPSA) is 29.5 Å². The zero-order valence-corrected chi connectivity index (χ0v) is 16.2. The van der Waals surface area contributed by atoms with Crippen molar-refractivity contribution in [3.05, 3.63) is 0 Å². The Hall–Kier alpha value is 0.137. The molecule has 1 N–H and O–H groups in total. The summed E-state index contributed by atoms with van der Waals surface area (Å²) in [7, 11) is -1.70. The standard InChI is InChI=1S/C18H36O2Si/c1-13(19)14-10-11-15-16(9-8-12-18(14,15)5)20-21(6,7)17(2,3)4/h13-16,19H,8-12H2,1-7H3/t13-,14?,15+,16+,18-/m1/s1. The lowest BCUT2D eigenvalue weighted by molar-refractivity contribution is -0.0384. The summed E-state index contributed by atoms with van der Waals surface area (Å²) < 4.78 is 6.81. The minimum atomic E-state index is -1.70. The van der Waals surface area contributed by atoms with Crippen LogP contribution in [0.1, 0.15) is 66.7 Å². The van der Waals surface area contributed by atoms with Gasteiger partial charge in [0.1, 0.15) is 0 Å². The SMILES string of the molecule is C[C@@H](O)C1CC[C@H]2[C@@H](O[Si](C)(C)C(C)(C)C)CCC[C@]12C. The van der Waals surface area contributed by atoms with Gasteiger partial charge >= 0.3 is 0 Å². The van der Waals surface area contributed by atoms with Crippen LogP contribution in [-0.2, 0) is 4.43 Å². The van der Waals surface area contributed by atoms with Crippen LogP contribution in [0, 0.1) is 17.3 Å². The summed E-state index contributed by atoms with van der Waals surface area (Å²) in [5.41, 5.74) is 0.291. The van der Waals surface area contributed by atoms with Gasteiger partial charge in [0.05, 0.1) is 6.10 Å². The average Bonchev–Trinajstić information content (AvgIpc) is 2.65. The van der Waals surface area contributed by atoms with E-state index in [1.165, 1.54) is 32.1 Å². The molecule has 0 radical (unpaired) electrons. The molecule has 2 rings (SSSR count). The molecule has 5 atom stereocenters. The minimum absolute atomic E-state index is 0.174. The Morgan fingerprint density at radius 1 is 1.19 bits per heavy atom. The lowest BCUT2D eigenvalue weighted by Gasteiger charge is -2.49. The van der Waals surface area contributed by atoms with Crippen molar-refractivity contribution < 1.29 is 9.53 Å². The van der Waals surface area contributed by atoms with E-state index in [1.807, 2.05) is 6.92 Å². The van der Waals surface area contributed by atoms with Crippen molar-refractivity contribution >= 4 is 8.32 Å². The van der Waals surface area contributed by atoms with E-state index in [1.54, 1.807) is 0 Å². The van der Waals surface area contributed by atoms with Gasteiger partial charge in [-0.25, -0.2) is 0 Å². The van der Waals surface area contributed by atoms with Gasteiger partial charge in [0, 0.05) is 6.10 Å². The summed E-state index contributed by atoms with van der Waals surface area (Å²) >= 11 is 0. The third-order valence-electron chi connectivity index (χ3n) is 6.97. The van der Waals surface area contributed by atoms with Gasteiger partial charge in [-0.15, -0.1) is 0 Å². The van der Waals surface area contributed by atoms with Gasteiger partial charge in [-0.1, -0.05) is 34.1 Å². The molecule has 3 heteroatoms. The van der Waals surface area contributed by atoms with E-state index in [0.29, 0.717) is 23.4 Å². The van der Waals surface area contributed by atoms with Crippen LogP contribution in [0.25, 0.3) is 0 Å². The number of hydrogen-bond donors (Lipinski definition) is 1. The normalized spacial score (nSPS) is 39.1. The zero-order chi connectivity index (χ0) is 16.1.